The van der Waals surface area contributed by atoms with E-state index in [1.54, 1.807) is 25.0 Å². The Hall–Kier alpha value is -4.81. The van der Waals surface area contributed by atoms with Crippen LogP contribution in [0.1, 0.15) is 80.9 Å². The third kappa shape index (κ3) is 7.09. The van der Waals surface area contributed by atoms with E-state index >= 15 is 4.79 Å². The van der Waals surface area contributed by atoms with E-state index in [-0.39, 0.29) is 25.2 Å². The van der Waals surface area contributed by atoms with Gasteiger partial charge in [-0.2, -0.15) is 5.10 Å². The van der Waals surface area contributed by atoms with E-state index < -0.39 is 5.97 Å². The van der Waals surface area contributed by atoms with Gasteiger partial charge in [-0.1, -0.05) is 29.3 Å². The number of aliphatic hydroxyl groups is 1. The summed E-state index contributed by atoms with van der Waals surface area (Å²) < 4.78 is 23.0. The molecular formula is C44H49Cl2N5O6. The van der Waals surface area contributed by atoms with Gasteiger partial charge in [0.25, 0.3) is 5.91 Å². The van der Waals surface area contributed by atoms with Gasteiger partial charge in [-0.05, 0) is 113 Å². The molecule has 0 saturated heterocycles. The molecule has 57 heavy (non-hydrogen) atoms. The monoisotopic (exact) mass is 813 g/mol. The van der Waals surface area contributed by atoms with Crippen LogP contribution in [-0.2, 0) is 36.1 Å². The van der Waals surface area contributed by atoms with E-state index in [1.165, 1.54) is 0 Å². The van der Waals surface area contributed by atoms with Crippen molar-refractivity contribution in [1.82, 2.24) is 18.9 Å². The fraction of sp³-hybridized carbons (Fsp3) is 0.386. The number of amides is 1. The minimum atomic E-state index is -0.474. The Morgan fingerprint density at radius 3 is 2.39 bits per heavy atom. The van der Waals surface area contributed by atoms with Crippen molar-refractivity contribution in [1.29, 1.82) is 0 Å². The molecule has 300 valence electrons. The predicted octanol–water partition coefficient (Wildman–Crippen LogP) is 9.09. The van der Waals surface area contributed by atoms with Gasteiger partial charge in [-0.3, -0.25) is 9.48 Å². The van der Waals surface area contributed by atoms with Crippen LogP contribution in [0.4, 0.5) is 5.69 Å². The average molecular weight is 815 g/mol. The summed E-state index contributed by atoms with van der Waals surface area (Å²) in [4.78, 5) is 30.5. The first kappa shape index (κ1) is 40.4. The van der Waals surface area contributed by atoms with Crippen molar-refractivity contribution in [3.05, 3.63) is 97.5 Å². The molecule has 0 saturated carbocycles. The van der Waals surface area contributed by atoms with E-state index in [9.17, 15) is 9.90 Å². The zero-order valence-corrected chi connectivity index (χ0v) is 35.3. The lowest BCUT2D eigenvalue weighted by Gasteiger charge is -2.35. The summed E-state index contributed by atoms with van der Waals surface area (Å²) in [5, 5.41) is 18.1. The van der Waals surface area contributed by atoms with Gasteiger partial charge in [-0.25, -0.2) is 4.79 Å². The van der Waals surface area contributed by atoms with Crippen LogP contribution < -0.4 is 9.64 Å². The number of methoxy groups -OCH3 is 1. The van der Waals surface area contributed by atoms with Crippen molar-refractivity contribution in [3.63, 3.8) is 0 Å². The highest BCUT2D eigenvalue weighted by molar-refractivity contribution is 6.35. The minimum absolute atomic E-state index is 0.195. The number of rotatable bonds is 13. The second kappa shape index (κ2) is 16.2. The quantitative estimate of drug-likeness (QED) is 0.0915. The molecule has 11 nitrogen and oxygen atoms in total. The number of nitrogens with zero attached hydrogens (tertiary/aromatic N) is 5. The van der Waals surface area contributed by atoms with Crippen LogP contribution in [0.25, 0.3) is 32.9 Å². The number of benzene rings is 3. The Morgan fingerprint density at radius 2 is 1.74 bits per heavy atom. The predicted molar refractivity (Wildman–Crippen MR) is 225 cm³/mol. The SMILES string of the molecule is CCOC(=O)c1cc2cc(CO)cc(N3C[C@@H](C)n4c(c(CCCOc5cc(C)c(Cl)c(C)c5)c5ccc(Cl)c(-c6c(C)nn(C)c6C)c54)C3=O)c2n1CCOC. The molecule has 1 aliphatic heterocycles. The molecule has 3 aromatic heterocycles. The first-order valence-electron chi connectivity index (χ1n) is 19.3. The number of esters is 1. The highest BCUT2D eigenvalue weighted by Gasteiger charge is 2.38. The number of carbonyl (C=O) groups excluding carboxylic acids is 2. The highest BCUT2D eigenvalue weighted by atomic mass is 35.5. The van der Waals surface area contributed by atoms with Crippen LogP contribution in [0.2, 0.25) is 10.0 Å². The topological polar surface area (TPSA) is 113 Å². The lowest BCUT2D eigenvalue weighted by atomic mass is 9.98. The Labute approximate surface area is 342 Å². The van der Waals surface area contributed by atoms with Crippen LogP contribution in [0, 0.1) is 27.7 Å². The maximum atomic E-state index is 15.4. The number of fused-ring (bicyclic) bond motifs is 4. The van der Waals surface area contributed by atoms with Crippen LogP contribution in [0.5, 0.6) is 5.75 Å². The summed E-state index contributed by atoms with van der Waals surface area (Å²) in [7, 11) is 3.53. The average Bonchev–Trinajstić information content (AvgIpc) is 3.80. The summed E-state index contributed by atoms with van der Waals surface area (Å²) in [5.74, 6) is 0.0788. The number of aromatic nitrogens is 4. The third-order valence-corrected chi connectivity index (χ3v) is 12.0. The van der Waals surface area contributed by atoms with Gasteiger partial charge in [0.2, 0.25) is 0 Å². The number of ether oxygens (including phenoxy) is 3. The van der Waals surface area contributed by atoms with Gasteiger partial charge in [-0.15, -0.1) is 0 Å². The van der Waals surface area contributed by atoms with Gasteiger partial charge in [0.15, 0.2) is 0 Å². The van der Waals surface area contributed by atoms with Gasteiger partial charge >= 0.3 is 5.97 Å². The van der Waals surface area contributed by atoms with Crippen molar-refractivity contribution >= 4 is 62.6 Å². The number of anilines is 1. The second-order valence-electron chi connectivity index (χ2n) is 14.9. The molecule has 13 heteroatoms. The molecule has 1 aliphatic rings. The second-order valence-corrected chi connectivity index (χ2v) is 15.7. The molecule has 7 rings (SSSR count). The van der Waals surface area contributed by atoms with Gasteiger partial charge in [0.1, 0.15) is 17.1 Å². The largest absolute Gasteiger partial charge is 0.494 e. The molecule has 1 atom stereocenters. The van der Waals surface area contributed by atoms with E-state index in [4.69, 9.17) is 42.5 Å². The Balaban J connectivity index is 1.41. The summed E-state index contributed by atoms with van der Waals surface area (Å²) in [6, 6.07) is 13.1. The number of aryl methyl sites for hydroxylation is 5. The maximum absolute atomic E-state index is 15.4. The first-order chi connectivity index (χ1) is 27.3. The summed E-state index contributed by atoms with van der Waals surface area (Å²) in [5.41, 5.74) is 10.1. The standard InChI is InChI=1S/C44H49Cl2N5O6/c1-9-56-44(54)36-21-30-19-29(23-52)20-35(40(30)49(36)14-16-55-8)50-22-26(4)51-41-33(12-13-34(45)38(41)37-27(5)47-48(7)28(37)6)32(42(51)43(50)53)11-10-15-57-31-17-24(2)39(46)25(3)18-31/h12-13,17-21,26,52H,9-11,14-16,22-23H2,1-8H3/t26-/m1/s1. The Bertz CT molecular complexity index is 2530. The molecular weight excluding hydrogens is 765 g/mol. The maximum Gasteiger partial charge on any atom is 0.354 e. The molecule has 1 amide bonds. The molecule has 1 N–H and O–H groups in total. The fourth-order valence-corrected chi connectivity index (χ4v) is 8.83. The summed E-state index contributed by atoms with van der Waals surface area (Å²) >= 11 is 13.6. The van der Waals surface area contributed by atoms with Crippen molar-refractivity contribution in [2.45, 2.75) is 73.6 Å². The molecule has 0 fully saturated rings. The number of carbonyl (C=O) groups is 2. The molecule has 0 unspecified atom stereocenters. The van der Waals surface area contributed by atoms with Crippen molar-refractivity contribution in [3.8, 4) is 16.9 Å². The van der Waals surface area contributed by atoms with Crippen LogP contribution >= 0.6 is 23.2 Å². The van der Waals surface area contributed by atoms with E-state index in [2.05, 4.69) is 11.5 Å². The lowest BCUT2D eigenvalue weighted by Crippen LogP contribution is -2.43. The van der Waals surface area contributed by atoms with Crippen LogP contribution in [0.15, 0.2) is 42.5 Å². The molecule has 4 heterocycles. The van der Waals surface area contributed by atoms with E-state index in [0.29, 0.717) is 77.7 Å². The Kier molecular flexibility index (Phi) is 11.5. The first-order valence-corrected chi connectivity index (χ1v) is 20.1. The number of hydrogen-bond donors (Lipinski definition) is 1. The molecule has 0 aliphatic carbocycles. The number of aliphatic hydroxyl groups excluding tert-OH is 1. The van der Waals surface area contributed by atoms with E-state index in [0.717, 1.165) is 60.9 Å². The Morgan fingerprint density at radius 1 is 1.00 bits per heavy atom. The zero-order chi connectivity index (χ0) is 40.9. The van der Waals surface area contributed by atoms with Gasteiger partial charge in [0, 0.05) is 65.9 Å². The summed E-state index contributed by atoms with van der Waals surface area (Å²) in [6.07, 6.45) is 1.18. The lowest BCUT2D eigenvalue weighted by molar-refractivity contribution is 0.0512. The fourth-order valence-electron chi connectivity index (χ4n) is 8.47. The molecule has 0 bridgehead atoms. The zero-order valence-electron chi connectivity index (χ0n) is 33.8. The van der Waals surface area contributed by atoms with Crippen LogP contribution in [-0.4, -0.2) is 69.4 Å². The van der Waals surface area contributed by atoms with Crippen molar-refractivity contribution in [2.75, 3.05) is 38.4 Å². The van der Waals surface area contributed by atoms with Crippen molar-refractivity contribution in [2.24, 2.45) is 7.05 Å². The third-order valence-electron chi connectivity index (χ3n) is 11.1. The molecule has 3 aromatic carbocycles. The molecule has 6 aromatic rings. The van der Waals surface area contributed by atoms with Crippen LogP contribution in [0.3, 0.4) is 0 Å². The minimum Gasteiger partial charge on any atom is -0.494 e. The highest BCUT2D eigenvalue weighted by Crippen LogP contribution is 2.46. The molecule has 0 spiro atoms. The smallest absolute Gasteiger partial charge is 0.354 e. The van der Waals surface area contributed by atoms with Gasteiger partial charge < -0.3 is 33.4 Å². The summed E-state index contributed by atoms with van der Waals surface area (Å²) in [6.45, 7) is 13.2. The van der Waals surface area contributed by atoms with E-state index in [1.807, 2.05) is 80.4 Å². The number of hydrogen-bond acceptors (Lipinski definition) is 7. The number of halogens is 2. The normalized spacial score (nSPS) is 14.3. The van der Waals surface area contributed by atoms with Gasteiger partial charge in [0.05, 0.1) is 53.9 Å². The van der Waals surface area contributed by atoms with Crippen molar-refractivity contribution < 1.29 is 28.9 Å². The molecule has 0 radical (unpaired) electrons.